The van der Waals surface area contributed by atoms with E-state index in [-0.39, 0.29) is 0 Å². The summed E-state index contributed by atoms with van der Waals surface area (Å²) >= 11 is 0. The van der Waals surface area contributed by atoms with Gasteiger partial charge >= 0.3 is 6.18 Å². The molecule has 0 bridgehead atoms. The van der Waals surface area contributed by atoms with Crippen molar-refractivity contribution in [1.29, 1.82) is 0 Å². The van der Waals surface area contributed by atoms with Crippen molar-refractivity contribution in [2.45, 2.75) is 31.9 Å². The highest BCUT2D eigenvalue weighted by molar-refractivity contribution is 5.75. The summed E-state index contributed by atoms with van der Waals surface area (Å²) in [6.45, 7) is 0.632. The summed E-state index contributed by atoms with van der Waals surface area (Å²) in [4.78, 5) is 13.4. The SMILES string of the molecule is [N-]=[N+]=NCCCCNC(=O)CCC(F)(F)F. The van der Waals surface area contributed by atoms with Crippen LogP contribution in [0.15, 0.2) is 5.11 Å². The fourth-order valence-electron chi connectivity index (χ4n) is 0.924. The predicted molar refractivity (Wildman–Crippen MR) is 51.5 cm³/mol. The van der Waals surface area contributed by atoms with Crippen LogP contribution in [0.4, 0.5) is 13.2 Å². The molecule has 0 saturated heterocycles. The molecule has 0 radical (unpaired) electrons. The Hall–Kier alpha value is -1.43. The number of halogens is 3. The number of hydrogen-bond acceptors (Lipinski definition) is 2. The Bertz CT molecular complexity index is 260. The van der Waals surface area contributed by atoms with Crippen molar-refractivity contribution >= 4 is 5.91 Å². The number of hydrogen-bond donors (Lipinski definition) is 1. The van der Waals surface area contributed by atoms with Crippen LogP contribution in [-0.2, 0) is 4.79 Å². The lowest BCUT2D eigenvalue weighted by molar-refractivity contribution is -0.144. The van der Waals surface area contributed by atoms with E-state index in [0.29, 0.717) is 25.9 Å². The lowest BCUT2D eigenvalue weighted by Gasteiger charge is -2.06. The number of carbonyl (C=O) groups is 1. The van der Waals surface area contributed by atoms with Gasteiger partial charge in [0.05, 0.1) is 6.42 Å². The summed E-state index contributed by atoms with van der Waals surface area (Å²) in [5, 5.41) is 5.63. The Labute approximate surface area is 90.6 Å². The van der Waals surface area contributed by atoms with Crippen molar-refractivity contribution in [2.24, 2.45) is 5.11 Å². The fraction of sp³-hybridized carbons (Fsp3) is 0.875. The van der Waals surface area contributed by atoms with E-state index in [1.807, 2.05) is 0 Å². The predicted octanol–water partition coefficient (Wildman–Crippen LogP) is 2.54. The summed E-state index contributed by atoms with van der Waals surface area (Å²) in [6, 6.07) is 0. The van der Waals surface area contributed by atoms with Crippen molar-refractivity contribution in [3.63, 3.8) is 0 Å². The van der Waals surface area contributed by atoms with Gasteiger partial charge in [-0.3, -0.25) is 4.79 Å². The minimum atomic E-state index is -4.29. The summed E-state index contributed by atoms with van der Waals surface area (Å²) in [5.41, 5.74) is 7.94. The molecule has 0 aliphatic rings. The Morgan fingerprint density at radius 2 is 2.06 bits per heavy atom. The maximum absolute atomic E-state index is 11.7. The lowest BCUT2D eigenvalue weighted by atomic mass is 10.2. The largest absolute Gasteiger partial charge is 0.389 e. The first-order valence-electron chi connectivity index (χ1n) is 4.80. The second-order valence-electron chi connectivity index (χ2n) is 3.13. The minimum Gasteiger partial charge on any atom is -0.356 e. The van der Waals surface area contributed by atoms with Crippen LogP contribution in [-0.4, -0.2) is 25.2 Å². The van der Waals surface area contributed by atoms with Crippen LogP contribution in [0.3, 0.4) is 0 Å². The van der Waals surface area contributed by atoms with E-state index in [0.717, 1.165) is 0 Å². The van der Waals surface area contributed by atoms with Crippen LogP contribution in [0, 0.1) is 0 Å². The Balaban J connectivity index is 3.41. The molecule has 8 heteroatoms. The molecule has 1 amide bonds. The van der Waals surface area contributed by atoms with Gasteiger partial charge in [0, 0.05) is 24.4 Å². The van der Waals surface area contributed by atoms with Crippen molar-refractivity contribution in [1.82, 2.24) is 5.32 Å². The molecule has 0 aromatic heterocycles. The van der Waals surface area contributed by atoms with E-state index < -0.39 is 24.9 Å². The average molecular weight is 238 g/mol. The van der Waals surface area contributed by atoms with Gasteiger partial charge in [0.2, 0.25) is 5.91 Å². The molecule has 0 aromatic rings. The quantitative estimate of drug-likeness (QED) is 0.314. The fourth-order valence-corrected chi connectivity index (χ4v) is 0.924. The van der Waals surface area contributed by atoms with Crippen LogP contribution in [0.5, 0.6) is 0 Å². The second kappa shape index (κ2) is 7.81. The molecule has 0 aliphatic carbocycles. The molecule has 0 aromatic carbocycles. The van der Waals surface area contributed by atoms with E-state index in [9.17, 15) is 18.0 Å². The molecule has 5 nitrogen and oxygen atoms in total. The maximum atomic E-state index is 11.7. The van der Waals surface area contributed by atoms with Crippen molar-refractivity contribution in [2.75, 3.05) is 13.1 Å². The van der Waals surface area contributed by atoms with Gasteiger partial charge in [-0.1, -0.05) is 5.11 Å². The standard InChI is InChI=1S/C8H13F3N4O/c9-8(10,11)4-3-7(16)13-5-1-2-6-14-15-12/h1-6H2,(H,13,16). The molecular formula is C8H13F3N4O. The molecule has 92 valence electrons. The summed E-state index contributed by atoms with van der Waals surface area (Å²) < 4.78 is 35.2. The molecule has 0 spiro atoms. The highest BCUT2D eigenvalue weighted by Gasteiger charge is 2.27. The van der Waals surface area contributed by atoms with Crippen molar-refractivity contribution in [3.8, 4) is 0 Å². The number of carbonyl (C=O) groups excluding carboxylic acids is 1. The number of amides is 1. The Kier molecular flexibility index (Phi) is 7.11. The van der Waals surface area contributed by atoms with E-state index in [4.69, 9.17) is 5.53 Å². The van der Waals surface area contributed by atoms with E-state index in [1.165, 1.54) is 0 Å². The topological polar surface area (TPSA) is 77.9 Å². The van der Waals surface area contributed by atoms with Gasteiger partial charge in [0.25, 0.3) is 0 Å². The van der Waals surface area contributed by atoms with Crippen LogP contribution in [0.25, 0.3) is 10.4 Å². The van der Waals surface area contributed by atoms with Gasteiger partial charge in [-0.05, 0) is 18.4 Å². The third kappa shape index (κ3) is 10.6. The second-order valence-corrected chi connectivity index (χ2v) is 3.13. The average Bonchev–Trinajstić information content (AvgIpc) is 2.19. The molecule has 1 N–H and O–H groups in total. The van der Waals surface area contributed by atoms with Crippen LogP contribution >= 0.6 is 0 Å². The molecule has 0 atom stereocenters. The van der Waals surface area contributed by atoms with E-state index in [2.05, 4.69) is 15.3 Å². The lowest BCUT2D eigenvalue weighted by Crippen LogP contribution is -2.25. The molecule has 0 fully saturated rings. The molecular weight excluding hydrogens is 225 g/mol. The van der Waals surface area contributed by atoms with Gasteiger partial charge in [-0.15, -0.1) is 0 Å². The first-order valence-corrected chi connectivity index (χ1v) is 4.80. The van der Waals surface area contributed by atoms with E-state index >= 15 is 0 Å². The molecule has 16 heavy (non-hydrogen) atoms. The highest BCUT2D eigenvalue weighted by Crippen LogP contribution is 2.20. The van der Waals surface area contributed by atoms with Gasteiger partial charge in [-0.25, -0.2) is 0 Å². The van der Waals surface area contributed by atoms with Gasteiger partial charge < -0.3 is 5.32 Å². The van der Waals surface area contributed by atoms with Crippen LogP contribution < -0.4 is 5.32 Å². The monoisotopic (exact) mass is 238 g/mol. The number of azide groups is 1. The van der Waals surface area contributed by atoms with Crippen LogP contribution in [0.2, 0.25) is 0 Å². The summed E-state index contributed by atoms with van der Waals surface area (Å²) in [6.07, 6.45) is -4.75. The Morgan fingerprint density at radius 3 is 2.62 bits per heavy atom. The number of unbranched alkanes of at least 4 members (excludes halogenated alkanes) is 1. The maximum Gasteiger partial charge on any atom is 0.389 e. The van der Waals surface area contributed by atoms with Gasteiger partial charge in [0.15, 0.2) is 0 Å². The van der Waals surface area contributed by atoms with Crippen molar-refractivity contribution < 1.29 is 18.0 Å². The molecule has 0 aliphatic heterocycles. The van der Waals surface area contributed by atoms with Gasteiger partial charge in [0.1, 0.15) is 0 Å². The minimum absolute atomic E-state index is 0.303. The zero-order valence-electron chi connectivity index (χ0n) is 8.63. The summed E-state index contributed by atoms with van der Waals surface area (Å²) in [5.74, 6) is -0.610. The first kappa shape index (κ1) is 14.6. The third-order valence-corrected chi connectivity index (χ3v) is 1.71. The molecule has 0 rings (SSSR count). The van der Waals surface area contributed by atoms with Gasteiger partial charge in [-0.2, -0.15) is 13.2 Å². The van der Waals surface area contributed by atoms with Crippen LogP contribution in [0.1, 0.15) is 25.7 Å². The first-order chi connectivity index (χ1) is 7.45. The highest BCUT2D eigenvalue weighted by atomic mass is 19.4. The van der Waals surface area contributed by atoms with E-state index in [1.54, 1.807) is 0 Å². The zero-order valence-corrected chi connectivity index (χ0v) is 8.63. The number of alkyl halides is 3. The summed E-state index contributed by atoms with van der Waals surface area (Å²) in [7, 11) is 0. The molecule has 0 unspecified atom stereocenters. The normalized spacial score (nSPS) is 10.7. The third-order valence-electron chi connectivity index (χ3n) is 1.71. The number of nitrogens with zero attached hydrogens (tertiary/aromatic N) is 3. The number of rotatable bonds is 7. The van der Waals surface area contributed by atoms with Crippen molar-refractivity contribution in [3.05, 3.63) is 10.4 Å². The smallest absolute Gasteiger partial charge is 0.356 e. The number of nitrogens with one attached hydrogen (secondary N) is 1. The molecule has 0 heterocycles. The Morgan fingerprint density at radius 1 is 1.38 bits per heavy atom. The molecule has 0 saturated carbocycles. The zero-order chi connectivity index (χ0) is 12.4.